The smallest absolute Gasteiger partial charge is 0.431 e. The number of carbonyl (C=O) groups excluding carboxylic acids is 1. The van der Waals surface area contributed by atoms with Gasteiger partial charge in [0.1, 0.15) is 5.69 Å². The van der Waals surface area contributed by atoms with Crippen molar-refractivity contribution in [3.05, 3.63) is 77.1 Å². The maximum Gasteiger partial charge on any atom is 0.431 e. The Morgan fingerprint density at radius 3 is 2.14 bits per heavy atom. The summed E-state index contributed by atoms with van der Waals surface area (Å²) in [4.78, 5) is 17.0. The number of benzene rings is 2. The first-order valence-electron chi connectivity index (χ1n) is 14.2. The van der Waals surface area contributed by atoms with E-state index in [2.05, 4.69) is 4.90 Å². The number of nitrogens with zero attached hydrogens (tertiary/aromatic N) is 3. The molecular formula is C31H38F3N3O6S. The van der Waals surface area contributed by atoms with E-state index in [9.17, 15) is 26.4 Å². The van der Waals surface area contributed by atoms with E-state index in [1.54, 1.807) is 41.3 Å². The Labute approximate surface area is 255 Å². The fourth-order valence-electron chi connectivity index (χ4n) is 5.78. The first kappa shape index (κ1) is 33.3. The summed E-state index contributed by atoms with van der Waals surface area (Å²) in [6, 6.07) is 13.9. The summed E-state index contributed by atoms with van der Waals surface area (Å²) >= 11 is 0. The Kier molecular flexibility index (Phi) is 9.72. The van der Waals surface area contributed by atoms with Gasteiger partial charge in [-0.3, -0.25) is 14.2 Å². The lowest BCUT2D eigenvalue weighted by Gasteiger charge is -2.50. The third-order valence-electron chi connectivity index (χ3n) is 8.11. The summed E-state index contributed by atoms with van der Waals surface area (Å²) in [7, 11) is -0.529. The van der Waals surface area contributed by atoms with Gasteiger partial charge in [-0.15, -0.1) is 0 Å². The first-order chi connectivity index (χ1) is 20.6. The number of amides is 1. The molecule has 2 aliphatic rings. The van der Waals surface area contributed by atoms with Crippen molar-refractivity contribution < 1.29 is 40.4 Å². The Morgan fingerprint density at radius 2 is 1.59 bits per heavy atom. The van der Waals surface area contributed by atoms with Crippen LogP contribution in [-0.4, -0.2) is 73.1 Å². The van der Waals surface area contributed by atoms with E-state index >= 15 is 0 Å². The molecule has 5 rings (SSSR count). The van der Waals surface area contributed by atoms with Crippen molar-refractivity contribution in [2.24, 2.45) is 0 Å². The Bertz CT molecular complexity index is 1580. The molecule has 9 nitrogen and oxygen atoms in total. The van der Waals surface area contributed by atoms with Gasteiger partial charge in [0.2, 0.25) is 0 Å². The van der Waals surface area contributed by atoms with E-state index in [0.717, 1.165) is 5.56 Å². The second kappa shape index (κ2) is 12.8. The lowest BCUT2D eigenvalue weighted by atomic mass is 9.81. The molecule has 44 heavy (non-hydrogen) atoms. The van der Waals surface area contributed by atoms with E-state index in [1.165, 1.54) is 29.9 Å². The van der Waals surface area contributed by atoms with Crippen molar-refractivity contribution in [3.8, 4) is 11.5 Å². The van der Waals surface area contributed by atoms with Gasteiger partial charge in [0.15, 0.2) is 11.5 Å². The molecule has 0 unspecified atom stereocenters. The van der Waals surface area contributed by atoms with Crippen LogP contribution in [0.2, 0.25) is 0 Å². The number of alkyl halides is 3. The zero-order chi connectivity index (χ0) is 32.4. The molecule has 2 aliphatic heterocycles. The van der Waals surface area contributed by atoms with Crippen molar-refractivity contribution in [2.75, 3.05) is 33.8 Å². The highest BCUT2D eigenvalue weighted by Gasteiger charge is 2.47. The van der Waals surface area contributed by atoms with Gasteiger partial charge >= 0.3 is 6.18 Å². The molecule has 0 atom stereocenters. The van der Waals surface area contributed by atoms with E-state index in [1.807, 2.05) is 27.8 Å². The van der Waals surface area contributed by atoms with Crippen LogP contribution in [0.25, 0.3) is 0 Å². The van der Waals surface area contributed by atoms with E-state index < -0.39 is 27.5 Å². The molecule has 0 bridgehead atoms. The molecule has 1 fully saturated rings. The largest absolute Gasteiger partial charge is 0.493 e. The first-order valence-corrected chi connectivity index (χ1v) is 15.7. The van der Waals surface area contributed by atoms with Crippen LogP contribution in [0.4, 0.5) is 13.2 Å². The van der Waals surface area contributed by atoms with Gasteiger partial charge < -0.3 is 18.9 Å². The predicted octanol–water partition coefficient (Wildman–Crippen LogP) is 5.62. The van der Waals surface area contributed by atoms with Gasteiger partial charge in [-0.2, -0.15) is 21.6 Å². The highest BCUT2D eigenvalue weighted by Crippen LogP contribution is 2.44. The van der Waals surface area contributed by atoms with Gasteiger partial charge in [0.05, 0.1) is 23.6 Å². The lowest BCUT2D eigenvalue weighted by Crippen LogP contribution is -2.56. The molecule has 2 aromatic carbocycles. The van der Waals surface area contributed by atoms with Crippen LogP contribution in [0.1, 0.15) is 54.0 Å². The summed E-state index contributed by atoms with van der Waals surface area (Å²) in [6.07, 6.45) is -3.26. The Hall–Kier alpha value is -3.55. The minimum Gasteiger partial charge on any atom is -0.493 e. The zero-order valence-electron chi connectivity index (χ0n) is 25.4. The third kappa shape index (κ3) is 7.05. The number of rotatable bonds is 5. The van der Waals surface area contributed by atoms with Gasteiger partial charge in [0, 0.05) is 37.4 Å². The summed E-state index contributed by atoms with van der Waals surface area (Å²) in [5.41, 5.74) is 1.04. The van der Waals surface area contributed by atoms with Gasteiger partial charge in [-0.05, 0) is 83.1 Å². The van der Waals surface area contributed by atoms with Crippen LogP contribution < -0.4 is 9.47 Å². The molecule has 240 valence electrons. The molecule has 1 saturated heterocycles. The number of likely N-dealkylation sites (tertiary alicyclic amines) is 1. The molecule has 13 heteroatoms. The number of ether oxygens (including phenoxy) is 2. The number of fused-ring (bicyclic) bond motifs is 2. The second-order valence-electron chi connectivity index (χ2n) is 11.3. The fraction of sp³-hybridized carbons (Fsp3) is 0.452. The number of hydrogen-bond donors (Lipinski definition) is 1. The summed E-state index contributed by atoms with van der Waals surface area (Å²) < 4.78 is 82.5. The van der Waals surface area contributed by atoms with Crippen LogP contribution in [-0.2, 0) is 28.4 Å². The number of piperidine rings is 1. The van der Waals surface area contributed by atoms with Gasteiger partial charge in [-0.25, -0.2) is 0 Å². The highest BCUT2D eigenvalue weighted by atomic mass is 32.2. The summed E-state index contributed by atoms with van der Waals surface area (Å²) in [5, 5.41) is 0. The van der Waals surface area contributed by atoms with Crippen LogP contribution in [0.3, 0.4) is 0 Å². The number of hydrogen-bond acceptors (Lipinski definition) is 6. The SMILES string of the molecule is COc1cc(C(=O)N2CCC3(CC2)c2ccc(C(F)(F)F)n2CCN3C)ccc1OC(C)C.Cc1ccc(S(=O)(=O)O)cc1. The molecule has 0 aliphatic carbocycles. The van der Waals surface area contributed by atoms with Gasteiger partial charge in [-0.1, -0.05) is 17.7 Å². The average Bonchev–Trinajstić information content (AvgIpc) is 3.41. The molecule has 0 saturated carbocycles. The number of likely N-dealkylation sites (N-methyl/N-ethyl adjacent to an activating group) is 1. The fourth-order valence-corrected chi connectivity index (χ4v) is 6.26. The average molecular weight is 638 g/mol. The standard InChI is InChI=1S/C24H30F3N3O3.C7H8O3S/c1-16(2)33-18-6-5-17(15-19(18)32-4)22(31)29-11-9-23(10-12-29)20-7-8-21(24(25,26)27)30(20)14-13-28(23)3;1-6-2-4-7(5-3-6)11(8,9)10/h5-8,15-16H,9-14H2,1-4H3;2-5H,1H3,(H,8,9,10). The van der Waals surface area contributed by atoms with Crippen LogP contribution in [0, 0.1) is 6.92 Å². The summed E-state index contributed by atoms with van der Waals surface area (Å²) in [5.74, 6) is 0.948. The minimum absolute atomic E-state index is 0.0250. The number of methoxy groups -OCH3 is 1. The molecule has 1 amide bonds. The zero-order valence-corrected chi connectivity index (χ0v) is 26.2. The van der Waals surface area contributed by atoms with E-state index in [-0.39, 0.29) is 16.9 Å². The lowest BCUT2D eigenvalue weighted by molar-refractivity contribution is -0.144. The van der Waals surface area contributed by atoms with E-state index in [4.69, 9.17) is 14.0 Å². The summed E-state index contributed by atoms with van der Waals surface area (Å²) in [6.45, 7) is 7.44. The predicted molar refractivity (Wildman–Crippen MR) is 159 cm³/mol. The Morgan fingerprint density at radius 1 is 0.955 bits per heavy atom. The molecule has 1 aromatic heterocycles. The number of carbonyl (C=O) groups is 1. The highest BCUT2D eigenvalue weighted by molar-refractivity contribution is 7.85. The normalized spacial score (nSPS) is 16.7. The van der Waals surface area contributed by atoms with Crippen molar-refractivity contribution >= 4 is 16.0 Å². The van der Waals surface area contributed by atoms with Crippen LogP contribution in [0.5, 0.6) is 11.5 Å². The minimum atomic E-state index is -4.38. The quantitative estimate of drug-likeness (QED) is 0.363. The van der Waals surface area contributed by atoms with Crippen LogP contribution in [0.15, 0.2) is 59.5 Å². The van der Waals surface area contributed by atoms with Crippen LogP contribution >= 0.6 is 0 Å². The Balaban J connectivity index is 0.000000339. The van der Waals surface area contributed by atoms with Crippen molar-refractivity contribution in [3.63, 3.8) is 0 Å². The van der Waals surface area contributed by atoms with E-state index in [0.29, 0.717) is 61.8 Å². The third-order valence-corrected chi connectivity index (χ3v) is 8.98. The number of aryl methyl sites for hydroxylation is 1. The second-order valence-corrected chi connectivity index (χ2v) is 12.7. The molecule has 3 heterocycles. The topological polar surface area (TPSA) is 101 Å². The molecule has 0 radical (unpaired) electrons. The van der Waals surface area contributed by atoms with Gasteiger partial charge in [0.25, 0.3) is 16.0 Å². The number of aromatic nitrogens is 1. The number of halogens is 3. The maximum atomic E-state index is 13.5. The van der Waals surface area contributed by atoms with Crippen molar-refractivity contribution in [2.45, 2.75) is 62.9 Å². The molecule has 1 spiro atoms. The maximum absolute atomic E-state index is 13.5. The monoisotopic (exact) mass is 637 g/mol. The van der Waals surface area contributed by atoms with Crippen molar-refractivity contribution in [1.82, 2.24) is 14.4 Å². The molecule has 3 aromatic rings. The van der Waals surface area contributed by atoms with Crippen molar-refractivity contribution in [1.29, 1.82) is 0 Å². The molecule has 1 N–H and O–H groups in total. The molecular weight excluding hydrogens is 599 g/mol.